The van der Waals surface area contributed by atoms with Crippen molar-refractivity contribution >= 4 is 52.6 Å². The number of ether oxygens (including phenoxy) is 1. The fourth-order valence-corrected chi connectivity index (χ4v) is 8.38. The summed E-state index contributed by atoms with van der Waals surface area (Å²) in [6, 6.07) is 11.6. The van der Waals surface area contributed by atoms with Crippen molar-refractivity contribution in [3.05, 3.63) is 93.1 Å². The second kappa shape index (κ2) is 11.8. The molecule has 7 rings (SSSR count). The molecule has 3 heterocycles. The van der Waals surface area contributed by atoms with E-state index in [9.17, 15) is 32.7 Å². The molecule has 15 heteroatoms. The molecular formula is C34H27Cl2F3N4O6. The van der Waals surface area contributed by atoms with Crippen LogP contribution in [0.25, 0.3) is 0 Å². The van der Waals surface area contributed by atoms with Crippen molar-refractivity contribution in [3.8, 4) is 11.5 Å². The number of alkyl halides is 3. The number of hydrazine groups is 1. The maximum absolute atomic E-state index is 15.1. The quantitative estimate of drug-likeness (QED) is 0.216. The molecular weight excluding hydrogens is 688 g/mol. The van der Waals surface area contributed by atoms with Gasteiger partial charge in [0.2, 0.25) is 11.8 Å². The van der Waals surface area contributed by atoms with Crippen LogP contribution in [0, 0.1) is 23.7 Å². The van der Waals surface area contributed by atoms with Crippen molar-refractivity contribution in [2.45, 2.75) is 37.3 Å². The molecule has 2 aliphatic heterocycles. The number of carbonyl (C=O) groups is 4. The number of nitrogens with zero attached hydrogens (tertiary/aromatic N) is 2. The van der Waals surface area contributed by atoms with E-state index in [1.165, 1.54) is 6.07 Å². The number of aromatic nitrogens is 1. The molecule has 2 aliphatic carbocycles. The Bertz CT molecular complexity index is 1950. The topological polar surface area (TPSA) is 138 Å². The molecule has 3 N–H and O–H groups in total. The standard InChI is InChI=1S/C34H27Cl2F3N4O6/c1-2-49-25-11-15(3-10-24(25)44)27-19-8-9-20-26(30(46)41-29(20)45)21(19)13-22-31(47)43(32(48)33(22,27)16-4-6-18(35)7-5-16)42-28-23(36)12-17(14-40-28)34(37,38)39/h3-8,10-12,14,20-22,26-27,44H,2,9,13H2,1H3,(H,40,42)(H,41,45,46)/t20-,21+,22-,26-,27-,33+/m0/s1. The lowest BCUT2D eigenvalue weighted by molar-refractivity contribution is -0.139. The molecule has 6 atom stereocenters. The van der Waals surface area contributed by atoms with E-state index in [1.807, 2.05) is 6.08 Å². The third-order valence-electron chi connectivity index (χ3n) is 10.0. The van der Waals surface area contributed by atoms with Crippen LogP contribution in [0.1, 0.15) is 42.4 Å². The highest BCUT2D eigenvalue weighted by Crippen LogP contribution is 2.64. The molecule has 49 heavy (non-hydrogen) atoms. The van der Waals surface area contributed by atoms with E-state index in [2.05, 4.69) is 15.7 Å². The van der Waals surface area contributed by atoms with Crippen molar-refractivity contribution < 1.29 is 42.2 Å². The first kappa shape index (κ1) is 32.9. The van der Waals surface area contributed by atoms with Gasteiger partial charge in [0.15, 0.2) is 17.3 Å². The lowest BCUT2D eigenvalue weighted by Crippen LogP contribution is -2.53. The third kappa shape index (κ3) is 5.04. The number of imide groups is 2. The number of rotatable bonds is 6. The number of carbonyl (C=O) groups excluding carboxylic acids is 4. The van der Waals surface area contributed by atoms with E-state index in [4.69, 9.17) is 27.9 Å². The predicted octanol–water partition coefficient (Wildman–Crippen LogP) is 5.78. The highest BCUT2D eigenvalue weighted by Gasteiger charge is 2.70. The number of hydrogen-bond acceptors (Lipinski definition) is 8. The summed E-state index contributed by atoms with van der Waals surface area (Å²) >= 11 is 12.5. The number of allylic oxidation sites excluding steroid dienone is 2. The number of anilines is 1. The van der Waals surface area contributed by atoms with Crippen LogP contribution >= 0.6 is 23.2 Å². The van der Waals surface area contributed by atoms with Crippen molar-refractivity contribution in [3.63, 3.8) is 0 Å². The summed E-state index contributed by atoms with van der Waals surface area (Å²) in [7, 11) is 0. The highest BCUT2D eigenvalue weighted by atomic mass is 35.5. The summed E-state index contributed by atoms with van der Waals surface area (Å²) in [4.78, 5) is 59.5. The molecule has 10 nitrogen and oxygen atoms in total. The minimum absolute atomic E-state index is 0.0137. The fraction of sp³-hybridized carbons (Fsp3) is 0.324. The summed E-state index contributed by atoms with van der Waals surface area (Å²) < 4.78 is 45.8. The number of pyridine rings is 1. The summed E-state index contributed by atoms with van der Waals surface area (Å²) in [5.74, 6) is -7.00. The number of phenolic OH excluding ortho intramolecular Hbond substituents is 1. The number of aromatic hydroxyl groups is 1. The molecule has 4 amide bonds. The van der Waals surface area contributed by atoms with Crippen molar-refractivity contribution in [2.24, 2.45) is 23.7 Å². The molecule has 0 radical (unpaired) electrons. The lowest BCUT2D eigenvalue weighted by Gasteiger charge is -2.50. The minimum Gasteiger partial charge on any atom is -0.504 e. The Morgan fingerprint density at radius 1 is 1.06 bits per heavy atom. The van der Waals surface area contributed by atoms with Crippen LogP contribution in [0.2, 0.25) is 10.0 Å². The van der Waals surface area contributed by atoms with E-state index in [-0.39, 0.29) is 36.8 Å². The summed E-state index contributed by atoms with van der Waals surface area (Å²) in [5.41, 5.74) is 1.29. The van der Waals surface area contributed by atoms with Crippen molar-refractivity contribution in [1.29, 1.82) is 0 Å². The Kier molecular flexibility index (Phi) is 7.90. The molecule has 2 aromatic carbocycles. The van der Waals surface area contributed by atoms with E-state index in [1.54, 1.807) is 43.3 Å². The van der Waals surface area contributed by atoms with Crippen LogP contribution in [0.3, 0.4) is 0 Å². The van der Waals surface area contributed by atoms with E-state index >= 15 is 4.79 Å². The molecule has 1 saturated carbocycles. The van der Waals surface area contributed by atoms with Gasteiger partial charge in [-0.3, -0.25) is 29.9 Å². The highest BCUT2D eigenvalue weighted by molar-refractivity contribution is 6.33. The molecule has 254 valence electrons. The number of fused-ring (bicyclic) bond motifs is 4. The maximum Gasteiger partial charge on any atom is 0.417 e. The Morgan fingerprint density at radius 3 is 2.47 bits per heavy atom. The van der Waals surface area contributed by atoms with Crippen LogP contribution in [-0.4, -0.2) is 45.3 Å². The van der Waals surface area contributed by atoms with Gasteiger partial charge >= 0.3 is 6.18 Å². The Balaban J connectivity index is 1.45. The molecule has 0 unspecified atom stereocenters. The molecule has 0 spiro atoms. The minimum atomic E-state index is -4.74. The van der Waals surface area contributed by atoms with Gasteiger partial charge in [-0.25, -0.2) is 4.98 Å². The van der Waals surface area contributed by atoms with Crippen LogP contribution in [0.4, 0.5) is 19.0 Å². The SMILES string of the molecule is CCOc1cc([C@H]2C3=CC[C@@H]4C(=O)NC(=O)[C@@H]4[C@@H]3C[C@H]3C(=O)N(Nc4ncc(C(F)(F)F)cc4Cl)C(=O)[C@@]23c2ccc(Cl)cc2)ccc1O. The first-order chi connectivity index (χ1) is 23.3. The number of nitrogens with one attached hydrogen (secondary N) is 2. The van der Waals surface area contributed by atoms with Gasteiger partial charge in [0.05, 0.1) is 40.4 Å². The zero-order chi connectivity index (χ0) is 35.0. The first-order valence-electron chi connectivity index (χ1n) is 15.4. The Hall–Kier alpha value is -4.62. The maximum atomic E-state index is 15.1. The first-order valence-corrected chi connectivity index (χ1v) is 16.2. The van der Waals surface area contributed by atoms with E-state index in [0.29, 0.717) is 39.0 Å². The Labute approximate surface area is 287 Å². The zero-order valence-corrected chi connectivity index (χ0v) is 27.1. The van der Waals surface area contributed by atoms with Crippen LogP contribution in [0.15, 0.2) is 66.4 Å². The second-order valence-corrected chi connectivity index (χ2v) is 13.3. The number of halogens is 5. The lowest BCUT2D eigenvalue weighted by atomic mass is 9.49. The van der Waals surface area contributed by atoms with Crippen LogP contribution < -0.4 is 15.5 Å². The average Bonchev–Trinajstić information content (AvgIpc) is 3.46. The van der Waals surface area contributed by atoms with Crippen molar-refractivity contribution in [2.75, 3.05) is 12.0 Å². The fourth-order valence-electron chi connectivity index (χ4n) is 8.05. The van der Waals surface area contributed by atoms with Gasteiger partial charge in [-0.05, 0) is 67.1 Å². The second-order valence-electron chi connectivity index (χ2n) is 12.4. The monoisotopic (exact) mass is 714 g/mol. The molecule has 3 aromatic rings. The molecule has 0 bridgehead atoms. The molecule has 2 saturated heterocycles. The number of phenols is 1. The van der Waals surface area contributed by atoms with Gasteiger partial charge in [-0.2, -0.15) is 18.2 Å². The van der Waals surface area contributed by atoms with Gasteiger partial charge in [0.25, 0.3) is 11.8 Å². The third-order valence-corrected chi connectivity index (χ3v) is 10.6. The average molecular weight is 716 g/mol. The Morgan fingerprint density at radius 2 is 1.80 bits per heavy atom. The summed E-state index contributed by atoms with van der Waals surface area (Å²) in [5, 5.41) is 13.6. The van der Waals surface area contributed by atoms with Gasteiger partial charge < -0.3 is 9.84 Å². The van der Waals surface area contributed by atoms with Gasteiger partial charge in [0.1, 0.15) is 0 Å². The molecule has 3 fully saturated rings. The molecule has 1 aromatic heterocycles. The zero-order valence-electron chi connectivity index (χ0n) is 25.6. The smallest absolute Gasteiger partial charge is 0.417 e. The van der Waals surface area contributed by atoms with Crippen molar-refractivity contribution in [1.82, 2.24) is 15.3 Å². The molecule has 4 aliphatic rings. The number of amides is 4. The predicted molar refractivity (Wildman–Crippen MR) is 169 cm³/mol. The van der Waals surface area contributed by atoms with E-state index < -0.39 is 75.4 Å². The van der Waals surface area contributed by atoms with E-state index in [0.717, 1.165) is 0 Å². The number of benzene rings is 2. The van der Waals surface area contributed by atoms with Crippen LogP contribution in [-0.2, 0) is 30.8 Å². The van der Waals surface area contributed by atoms with Gasteiger partial charge in [0, 0.05) is 17.1 Å². The summed E-state index contributed by atoms with van der Waals surface area (Å²) in [6.07, 6.45) is -2.17. The number of hydrogen-bond donors (Lipinski definition) is 3. The summed E-state index contributed by atoms with van der Waals surface area (Å²) in [6.45, 7) is 1.94. The normalized spacial score (nSPS) is 27.7. The van der Waals surface area contributed by atoms with Gasteiger partial charge in [-0.1, -0.05) is 53.1 Å². The van der Waals surface area contributed by atoms with Gasteiger partial charge in [-0.15, -0.1) is 0 Å². The largest absolute Gasteiger partial charge is 0.504 e. The van der Waals surface area contributed by atoms with Crippen LogP contribution in [0.5, 0.6) is 11.5 Å².